The summed E-state index contributed by atoms with van der Waals surface area (Å²) in [7, 11) is 0. The lowest BCUT2D eigenvalue weighted by Crippen LogP contribution is -2.21. The first-order chi connectivity index (χ1) is 4.58. The van der Waals surface area contributed by atoms with Crippen LogP contribution in [-0.4, -0.2) is 10.7 Å². The molecule has 0 bridgehead atoms. The molecule has 0 unspecified atom stereocenters. The first-order valence-corrected chi connectivity index (χ1v) is 4.30. The molecule has 10 heavy (non-hydrogen) atoms. The van der Waals surface area contributed by atoms with Gasteiger partial charge in [0.05, 0.1) is 5.60 Å². The second-order valence-electron chi connectivity index (χ2n) is 4.15. The zero-order valence-corrected chi connectivity index (χ0v) is 7.06. The minimum absolute atomic E-state index is 0.435. The molecule has 0 heterocycles. The minimum Gasteiger partial charge on any atom is -0.390 e. The number of rotatable bonds is 3. The average Bonchev–Trinajstić information content (AvgIpc) is 1.56. The summed E-state index contributed by atoms with van der Waals surface area (Å²) in [4.78, 5) is 0. The van der Waals surface area contributed by atoms with E-state index in [2.05, 4.69) is 0 Å². The molecule has 1 fully saturated rings. The van der Waals surface area contributed by atoms with E-state index in [1.807, 2.05) is 13.8 Å². The maximum Gasteiger partial charge on any atom is 0.0591 e. The van der Waals surface area contributed by atoms with Gasteiger partial charge in [-0.2, -0.15) is 0 Å². The van der Waals surface area contributed by atoms with Gasteiger partial charge in [-0.25, -0.2) is 0 Å². The molecular weight excluding hydrogens is 124 g/mol. The van der Waals surface area contributed by atoms with Gasteiger partial charge in [0, 0.05) is 0 Å². The Hall–Kier alpha value is -0.0400. The molecule has 0 spiro atoms. The first-order valence-electron chi connectivity index (χ1n) is 4.30. The van der Waals surface area contributed by atoms with Gasteiger partial charge >= 0.3 is 0 Å². The van der Waals surface area contributed by atoms with Gasteiger partial charge in [-0.1, -0.05) is 19.3 Å². The summed E-state index contributed by atoms with van der Waals surface area (Å²) in [5, 5.41) is 9.39. The van der Waals surface area contributed by atoms with E-state index in [-0.39, 0.29) is 0 Å². The molecule has 1 aliphatic carbocycles. The van der Waals surface area contributed by atoms with E-state index >= 15 is 0 Å². The minimum atomic E-state index is -0.435. The number of hydrogen-bond acceptors (Lipinski definition) is 1. The monoisotopic (exact) mass is 142 g/mol. The Kier molecular flexibility index (Phi) is 2.35. The van der Waals surface area contributed by atoms with Gasteiger partial charge < -0.3 is 5.11 Å². The lowest BCUT2D eigenvalue weighted by Gasteiger charge is -2.28. The van der Waals surface area contributed by atoms with Crippen LogP contribution in [0.5, 0.6) is 0 Å². The lowest BCUT2D eigenvalue weighted by molar-refractivity contribution is 0.0583. The summed E-state index contributed by atoms with van der Waals surface area (Å²) in [5.74, 6) is 0.937. The average molecular weight is 142 g/mol. The van der Waals surface area contributed by atoms with Gasteiger partial charge in [-0.15, -0.1) is 0 Å². The first kappa shape index (κ1) is 8.06. The fourth-order valence-electron chi connectivity index (χ4n) is 1.34. The molecule has 1 rings (SSSR count). The van der Waals surface area contributed by atoms with E-state index in [0.29, 0.717) is 0 Å². The summed E-state index contributed by atoms with van der Waals surface area (Å²) in [6.45, 7) is 3.79. The quantitative estimate of drug-likeness (QED) is 0.641. The molecule has 1 heteroatoms. The van der Waals surface area contributed by atoms with Crippen molar-refractivity contribution in [3.8, 4) is 0 Å². The van der Waals surface area contributed by atoms with E-state index in [1.54, 1.807) is 0 Å². The highest BCUT2D eigenvalue weighted by Crippen LogP contribution is 2.32. The highest BCUT2D eigenvalue weighted by atomic mass is 16.3. The van der Waals surface area contributed by atoms with Crippen molar-refractivity contribution >= 4 is 0 Å². The Morgan fingerprint density at radius 2 is 2.00 bits per heavy atom. The second kappa shape index (κ2) is 2.91. The maximum atomic E-state index is 9.39. The third-order valence-corrected chi connectivity index (χ3v) is 2.39. The van der Waals surface area contributed by atoms with E-state index in [4.69, 9.17) is 0 Å². The maximum absolute atomic E-state index is 9.39. The number of aliphatic hydroxyl groups is 1. The molecule has 0 aromatic rings. The highest BCUT2D eigenvalue weighted by molar-refractivity contribution is 4.73. The van der Waals surface area contributed by atoms with Crippen molar-refractivity contribution in [2.24, 2.45) is 5.92 Å². The Bertz CT molecular complexity index is 97.8. The summed E-state index contributed by atoms with van der Waals surface area (Å²) in [5.41, 5.74) is -0.435. The third-order valence-electron chi connectivity index (χ3n) is 2.39. The molecule has 60 valence electrons. The molecule has 0 atom stereocenters. The van der Waals surface area contributed by atoms with Crippen LogP contribution in [0.1, 0.15) is 46.0 Å². The van der Waals surface area contributed by atoms with Gasteiger partial charge in [0.25, 0.3) is 0 Å². The van der Waals surface area contributed by atoms with E-state index in [9.17, 15) is 5.11 Å². The van der Waals surface area contributed by atoms with Crippen LogP contribution >= 0.6 is 0 Å². The normalized spacial score (nSPS) is 20.7. The Morgan fingerprint density at radius 1 is 1.40 bits per heavy atom. The molecule has 0 aliphatic heterocycles. The smallest absolute Gasteiger partial charge is 0.0591 e. The van der Waals surface area contributed by atoms with Crippen molar-refractivity contribution in [2.75, 3.05) is 0 Å². The molecule has 1 aliphatic rings. The van der Waals surface area contributed by atoms with Gasteiger partial charge in [0.2, 0.25) is 0 Å². The zero-order chi connectivity index (χ0) is 7.61. The Labute approximate surface area is 63.4 Å². The molecule has 1 saturated carbocycles. The van der Waals surface area contributed by atoms with Crippen molar-refractivity contribution in [1.29, 1.82) is 0 Å². The molecule has 0 amide bonds. The fraction of sp³-hybridized carbons (Fsp3) is 1.00. The van der Waals surface area contributed by atoms with Crippen molar-refractivity contribution in [3.63, 3.8) is 0 Å². The van der Waals surface area contributed by atoms with Crippen LogP contribution in [0.15, 0.2) is 0 Å². The summed E-state index contributed by atoms with van der Waals surface area (Å²) < 4.78 is 0. The molecule has 0 aromatic carbocycles. The van der Waals surface area contributed by atoms with Crippen LogP contribution in [-0.2, 0) is 0 Å². The molecular formula is C9H18O. The second-order valence-corrected chi connectivity index (χ2v) is 4.15. The van der Waals surface area contributed by atoms with Crippen LogP contribution < -0.4 is 0 Å². The summed E-state index contributed by atoms with van der Waals surface area (Å²) in [6, 6.07) is 0. The van der Waals surface area contributed by atoms with E-state index in [0.717, 1.165) is 12.3 Å². The van der Waals surface area contributed by atoms with Crippen LogP contribution in [0.2, 0.25) is 0 Å². The molecule has 0 radical (unpaired) electrons. The molecule has 0 aromatic heterocycles. The predicted molar refractivity (Wildman–Crippen MR) is 42.9 cm³/mol. The largest absolute Gasteiger partial charge is 0.390 e. The standard InChI is InChI=1S/C9H18O/c1-9(2,10)7-6-8-4-3-5-8/h8,10H,3-7H2,1-2H3. The Balaban J connectivity index is 2.04. The lowest BCUT2D eigenvalue weighted by atomic mass is 9.80. The van der Waals surface area contributed by atoms with Gasteiger partial charge in [0.1, 0.15) is 0 Å². The van der Waals surface area contributed by atoms with Crippen LogP contribution in [0, 0.1) is 5.92 Å². The number of hydrogen-bond donors (Lipinski definition) is 1. The highest BCUT2D eigenvalue weighted by Gasteiger charge is 2.20. The van der Waals surface area contributed by atoms with Crippen molar-refractivity contribution < 1.29 is 5.11 Å². The third kappa shape index (κ3) is 2.70. The summed E-state index contributed by atoms with van der Waals surface area (Å²) >= 11 is 0. The Morgan fingerprint density at radius 3 is 2.30 bits per heavy atom. The molecule has 1 nitrogen and oxygen atoms in total. The van der Waals surface area contributed by atoms with Crippen LogP contribution in [0.4, 0.5) is 0 Å². The predicted octanol–water partition coefficient (Wildman–Crippen LogP) is 2.34. The molecule has 0 saturated heterocycles. The van der Waals surface area contributed by atoms with Crippen molar-refractivity contribution in [2.45, 2.75) is 51.6 Å². The topological polar surface area (TPSA) is 20.2 Å². The van der Waals surface area contributed by atoms with Crippen molar-refractivity contribution in [3.05, 3.63) is 0 Å². The van der Waals surface area contributed by atoms with Gasteiger partial charge in [0.15, 0.2) is 0 Å². The van der Waals surface area contributed by atoms with E-state index < -0.39 is 5.60 Å². The van der Waals surface area contributed by atoms with E-state index in [1.165, 1.54) is 25.7 Å². The molecule has 1 N–H and O–H groups in total. The van der Waals surface area contributed by atoms with Crippen LogP contribution in [0.25, 0.3) is 0 Å². The zero-order valence-electron chi connectivity index (χ0n) is 7.06. The van der Waals surface area contributed by atoms with Gasteiger partial charge in [-0.3, -0.25) is 0 Å². The van der Waals surface area contributed by atoms with Crippen LogP contribution in [0.3, 0.4) is 0 Å². The SMILES string of the molecule is CC(C)(O)CCC1CCC1. The van der Waals surface area contributed by atoms with Crippen molar-refractivity contribution in [1.82, 2.24) is 0 Å². The van der Waals surface area contributed by atoms with Gasteiger partial charge in [-0.05, 0) is 32.6 Å². The summed E-state index contributed by atoms with van der Waals surface area (Å²) in [6.07, 6.45) is 6.41. The fourth-order valence-corrected chi connectivity index (χ4v) is 1.34.